The molecule has 10 nitrogen and oxygen atoms in total. The summed E-state index contributed by atoms with van der Waals surface area (Å²) in [4.78, 5) is 24.5. The van der Waals surface area contributed by atoms with Gasteiger partial charge in [0.15, 0.2) is 5.16 Å². The van der Waals surface area contributed by atoms with Crippen molar-refractivity contribution >= 4 is 29.2 Å². The fourth-order valence-corrected chi connectivity index (χ4v) is 3.74. The molecular weight excluding hydrogens is 430 g/mol. The first-order chi connectivity index (χ1) is 14.8. The Bertz CT molecular complexity index is 1170. The van der Waals surface area contributed by atoms with Crippen LogP contribution in [0.2, 0.25) is 0 Å². The highest BCUT2D eigenvalue weighted by atomic mass is 32.2. The average molecular weight is 458 g/mol. The van der Waals surface area contributed by atoms with E-state index >= 15 is 0 Å². The normalized spacial score (nSPS) is 12.1. The van der Waals surface area contributed by atoms with E-state index in [4.69, 9.17) is 0 Å². The third kappa shape index (κ3) is 4.98. The molecule has 0 unspecified atom stereocenters. The van der Waals surface area contributed by atoms with Gasteiger partial charge < -0.3 is 9.88 Å². The minimum atomic E-state index is -0.507. The summed E-state index contributed by atoms with van der Waals surface area (Å²) in [5, 5.41) is 27.5. The van der Waals surface area contributed by atoms with Crippen LogP contribution in [0.1, 0.15) is 57.6 Å². The van der Waals surface area contributed by atoms with Crippen molar-refractivity contribution < 1.29 is 9.72 Å². The minimum absolute atomic E-state index is 0.176. The summed E-state index contributed by atoms with van der Waals surface area (Å²) in [6.45, 7) is 12.1. The molecule has 0 radical (unpaired) electrons. The van der Waals surface area contributed by atoms with Gasteiger partial charge in [0, 0.05) is 30.2 Å². The first kappa shape index (κ1) is 23.5. The van der Waals surface area contributed by atoms with Crippen LogP contribution in [0.4, 0.5) is 11.5 Å². The summed E-state index contributed by atoms with van der Waals surface area (Å²) in [6.07, 6.45) is 1.51. The second kappa shape index (κ2) is 8.38. The topological polar surface area (TPSA) is 121 Å². The zero-order valence-corrected chi connectivity index (χ0v) is 20.0. The lowest BCUT2D eigenvalue weighted by atomic mass is 9.92. The molecule has 32 heavy (non-hydrogen) atoms. The van der Waals surface area contributed by atoms with Crippen molar-refractivity contribution in [3.8, 4) is 0 Å². The Labute approximate surface area is 190 Å². The van der Waals surface area contributed by atoms with Crippen molar-refractivity contribution in [2.75, 3.05) is 5.32 Å². The van der Waals surface area contributed by atoms with Gasteiger partial charge in [0.2, 0.25) is 0 Å². The molecule has 1 aromatic carbocycles. The molecule has 3 aromatic rings. The second-order valence-electron chi connectivity index (χ2n) is 9.47. The molecule has 2 heterocycles. The van der Waals surface area contributed by atoms with E-state index in [2.05, 4.69) is 20.6 Å². The molecular formula is C21H27N7O3S. The van der Waals surface area contributed by atoms with Gasteiger partial charge >= 0.3 is 0 Å². The van der Waals surface area contributed by atoms with Gasteiger partial charge in [-0.2, -0.15) is 5.10 Å². The van der Waals surface area contributed by atoms with Gasteiger partial charge in [-0.3, -0.25) is 14.9 Å². The number of hydrogen-bond acceptors (Lipinski definition) is 7. The SMILES string of the molecule is Cn1cnnc1Sc1ccc(C(=O)Nc2cc(C(C)(C)C)nn2C(C)(C)C)cc1[N+](=O)[O-]. The van der Waals surface area contributed by atoms with Gasteiger partial charge in [-0.1, -0.05) is 20.8 Å². The van der Waals surface area contributed by atoms with Crippen LogP contribution in [-0.2, 0) is 18.0 Å². The van der Waals surface area contributed by atoms with E-state index in [-0.39, 0.29) is 22.2 Å². The summed E-state index contributed by atoms with van der Waals surface area (Å²) in [6, 6.07) is 6.23. The number of carbonyl (C=O) groups excluding carboxylic acids is 1. The van der Waals surface area contributed by atoms with Gasteiger partial charge in [-0.05, 0) is 44.7 Å². The Morgan fingerprint density at radius 2 is 1.84 bits per heavy atom. The van der Waals surface area contributed by atoms with Gasteiger partial charge in [0.1, 0.15) is 12.1 Å². The molecule has 0 aliphatic rings. The lowest BCUT2D eigenvalue weighted by molar-refractivity contribution is -0.387. The molecule has 0 saturated carbocycles. The molecule has 0 fully saturated rings. The standard InChI is InChI=1S/C21H27N7O3S/c1-20(2,3)16-11-17(27(25-16)21(4,5)6)23-18(29)13-8-9-15(14(10-13)28(30)31)32-19-24-22-12-26(19)7/h8-12H,1-7H3,(H,23,29). The number of nitrogens with one attached hydrogen (secondary N) is 1. The summed E-state index contributed by atoms with van der Waals surface area (Å²) in [7, 11) is 1.75. The van der Waals surface area contributed by atoms with Crippen molar-refractivity contribution in [1.29, 1.82) is 0 Å². The van der Waals surface area contributed by atoms with Crippen LogP contribution in [0.25, 0.3) is 0 Å². The van der Waals surface area contributed by atoms with Crippen LogP contribution < -0.4 is 5.32 Å². The molecule has 3 rings (SSSR count). The predicted octanol–water partition coefficient (Wildman–Crippen LogP) is 4.38. The Morgan fingerprint density at radius 1 is 1.16 bits per heavy atom. The van der Waals surface area contributed by atoms with E-state index in [1.165, 1.54) is 12.4 Å². The molecule has 0 aliphatic heterocycles. The fourth-order valence-electron chi connectivity index (χ4n) is 2.89. The molecule has 0 aliphatic carbocycles. The van der Waals surface area contributed by atoms with Crippen molar-refractivity contribution in [1.82, 2.24) is 24.5 Å². The van der Waals surface area contributed by atoms with E-state index in [1.807, 2.05) is 47.6 Å². The summed E-state index contributed by atoms with van der Waals surface area (Å²) in [5.41, 5.74) is 0.273. The second-order valence-corrected chi connectivity index (χ2v) is 10.5. The maximum Gasteiger partial charge on any atom is 0.284 e. The third-order valence-corrected chi connectivity index (χ3v) is 5.76. The van der Waals surface area contributed by atoms with Crippen LogP contribution in [0, 0.1) is 10.1 Å². The number of hydrogen-bond donors (Lipinski definition) is 1. The number of aromatic nitrogens is 5. The van der Waals surface area contributed by atoms with Gasteiger partial charge in [-0.15, -0.1) is 10.2 Å². The maximum atomic E-state index is 13.0. The van der Waals surface area contributed by atoms with E-state index in [9.17, 15) is 14.9 Å². The zero-order chi connectivity index (χ0) is 23.8. The number of nitro benzene ring substituents is 1. The lowest BCUT2D eigenvalue weighted by Gasteiger charge is -2.23. The van der Waals surface area contributed by atoms with E-state index in [0.717, 1.165) is 17.5 Å². The molecule has 2 aromatic heterocycles. The first-order valence-electron chi connectivity index (χ1n) is 10.00. The molecule has 11 heteroatoms. The largest absolute Gasteiger partial charge is 0.311 e. The molecule has 0 atom stereocenters. The molecule has 0 spiro atoms. The molecule has 1 amide bonds. The van der Waals surface area contributed by atoms with Gasteiger partial charge in [-0.25, -0.2) is 4.68 Å². The quantitative estimate of drug-likeness (QED) is 0.446. The number of anilines is 1. The summed E-state index contributed by atoms with van der Waals surface area (Å²) in [5.74, 6) is 0.0850. The number of carbonyl (C=O) groups is 1. The number of benzene rings is 1. The van der Waals surface area contributed by atoms with Crippen LogP contribution in [-0.4, -0.2) is 35.4 Å². The van der Waals surface area contributed by atoms with E-state index in [1.54, 1.807) is 28.4 Å². The van der Waals surface area contributed by atoms with Crippen LogP contribution >= 0.6 is 11.8 Å². The zero-order valence-electron chi connectivity index (χ0n) is 19.2. The Balaban J connectivity index is 1.93. The third-order valence-electron chi connectivity index (χ3n) is 4.64. The number of aryl methyl sites for hydroxylation is 1. The van der Waals surface area contributed by atoms with Crippen molar-refractivity contribution in [3.05, 3.63) is 52.0 Å². The van der Waals surface area contributed by atoms with E-state index in [0.29, 0.717) is 15.9 Å². The molecule has 170 valence electrons. The Kier molecular flexibility index (Phi) is 6.14. The van der Waals surface area contributed by atoms with Crippen molar-refractivity contribution in [2.24, 2.45) is 7.05 Å². The molecule has 0 saturated heterocycles. The van der Waals surface area contributed by atoms with Gasteiger partial charge in [0.05, 0.1) is 21.1 Å². The number of nitro groups is 1. The van der Waals surface area contributed by atoms with E-state index < -0.39 is 10.8 Å². The Hall–Kier alpha value is -3.21. The summed E-state index contributed by atoms with van der Waals surface area (Å²) < 4.78 is 3.42. The smallest absolute Gasteiger partial charge is 0.284 e. The predicted molar refractivity (Wildman–Crippen MR) is 122 cm³/mol. The average Bonchev–Trinajstić information content (AvgIpc) is 3.28. The number of amides is 1. The monoisotopic (exact) mass is 457 g/mol. The van der Waals surface area contributed by atoms with Crippen LogP contribution in [0.15, 0.2) is 40.6 Å². The highest BCUT2D eigenvalue weighted by molar-refractivity contribution is 7.99. The summed E-state index contributed by atoms with van der Waals surface area (Å²) >= 11 is 1.11. The first-order valence-corrected chi connectivity index (χ1v) is 10.8. The lowest BCUT2D eigenvalue weighted by Crippen LogP contribution is -2.27. The highest BCUT2D eigenvalue weighted by Gasteiger charge is 2.27. The van der Waals surface area contributed by atoms with Crippen LogP contribution in [0.5, 0.6) is 0 Å². The van der Waals surface area contributed by atoms with Crippen molar-refractivity contribution in [3.63, 3.8) is 0 Å². The maximum absolute atomic E-state index is 13.0. The molecule has 0 bridgehead atoms. The van der Waals surface area contributed by atoms with Gasteiger partial charge in [0.25, 0.3) is 11.6 Å². The van der Waals surface area contributed by atoms with Crippen LogP contribution in [0.3, 0.4) is 0 Å². The number of nitrogens with zero attached hydrogens (tertiary/aromatic N) is 6. The Morgan fingerprint density at radius 3 is 2.38 bits per heavy atom. The molecule has 1 N–H and O–H groups in total. The van der Waals surface area contributed by atoms with Crippen molar-refractivity contribution in [2.45, 2.75) is 62.5 Å². The highest BCUT2D eigenvalue weighted by Crippen LogP contribution is 2.34. The minimum Gasteiger partial charge on any atom is -0.311 e. The number of rotatable bonds is 5. The fraction of sp³-hybridized carbons (Fsp3) is 0.429.